The van der Waals surface area contributed by atoms with Crippen LogP contribution < -0.4 is 10.1 Å². The van der Waals surface area contributed by atoms with Gasteiger partial charge < -0.3 is 19.7 Å². The number of thiophene rings is 1. The number of nitrogens with one attached hydrogen (secondary N) is 1. The van der Waals surface area contributed by atoms with Crippen LogP contribution in [0.2, 0.25) is 0 Å². The van der Waals surface area contributed by atoms with Crippen LogP contribution in [-0.2, 0) is 18.0 Å². The number of piperazine rings is 1. The number of rotatable bonds is 6. The predicted octanol–water partition coefficient (Wildman–Crippen LogP) is 3.93. The van der Waals surface area contributed by atoms with Crippen molar-refractivity contribution in [2.45, 2.75) is 32.6 Å². The zero-order valence-electron chi connectivity index (χ0n) is 15.0. The lowest BCUT2D eigenvalue weighted by molar-refractivity contribution is 0.0699. The molecule has 1 aromatic heterocycles. The second kappa shape index (κ2) is 9.14. The quantitative estimate of drug-likeness (QED) is 0.804. The first kappa shape index (κ1) is 19.6. The van der Waals surface area contributed by atoms with Gasteiger partial charge in [0.2, 0.25) is 0 Å². The topological polar surface area (TPSA) is 50.8 Å². The van der Waals surface area contributed by atoms with E-state index in [-0.39, 0.29) is 24.0 Å². The molecule has 0 saturated carbocycles. The molecular formula is C19H22F2N2O3S. The maximum Gasteiger partial charge on any atom is 0.410 e. The van der Waals surface area contributed by atoms with Crippen LogP contribution >= 0.6 is 11.3 Å². The predicted molar refractivity (Wildman–Crippen MR) is 98.8 cm³/mol. The molecule has 1 atom stereocenters. The van der Waals surface area contributed by atoms with E-state index in [2.05, 4.69) is 5.32 Å². The van der Waals surface area contributed by atoms with Crippen LogP contribution in [0.5, 0.6) is 5.75 Å². The van der Waals surface area contributed by atoms with Crippen molar-refractivity contribution in [1.29, 1.82) is 0 Å². The molecule has 1 fully saturated rings. The van der Waals surface area contributed by atoms with Crippen molar-refractivity contribution >= 4 is 17.4 Å². The minimum Gasteiger partial charge on any atom is -0.489 e. The molecule has 0 radical (unpaired) electrons. The van der Waals surface area contributed by atoms with Crippen molar-refractivity contribution in [2.75, 3.05) is 19.6 Å². The lowest BCUT2D eigenvalue weighted by Gasteiger charge is -2.34. The molecule has 2 aromatic rings. The third kappa shape index (κ3) is 4.95. The summed E-state index contributed by atoms with van der Waals surface area (Å²) in [6, 6.07) is 4.12. The van der Waals surface area contributed by atoms with Crippen LogP contribution in [-0.4, -0.2) is 36.7 Å². The van der Waals surface area contributed by atoms with E-state index in [4.69, 9.17) is 9.47 Å². The number of nitrogens with zero attached hydrogens (tertiary/aromatic N) is 1. The lowest BCUT2D eigenvalue weighted by Crippen LogP contribution is -2.53. The molecule has 1 aliphatic rings. The van der Waals surface area contributed by atoms with Gasteiger partial charge in [-0.15, -0.1) is 0 Å². The van der Waals surface area contributed by atoms with Crippen LogP contribution in [0, 0.1) is 11.6 Å². The van der Waals surface area contributed by atoms with Gasteiger partial charge in [0, 0.05) is 37.8 Å². The van der Waals surface area contributed by atoms with E-state index in [1.54, 1.807) is 4.90 Å². The first-order valence-corrected chi connectivity index (χ1v) is 9.78. The summed E-state index contributed by atoms with van der Waals surface area (Å²) in [7, 11) is 0. The molecule has 1 N–H and O–H groups in total. The van der Waals surface area contributed by atoms with Gasteiger partial charge in [-0.25, -0.2) is 13.6 Å². The average molecular weight is 396 g/mol. The Labute approximate surface area is 160 Å². The van der Waals surface area contributed by atoms with Gasteiger partial charge in [0.05, 0.1) is 5.56 Å². The SMILES string of the molecule is CCC1CNCCN1C(=O)OCc1c(F)cc(OCc2ccsc2)cc1F. The van der Waals surface area contributed by atoms with Gasteiger partial charge in [0.15, 0.2) is 0 Å². The molecule has 1 amide bonds. The molecule has 3 rings (SSSR count). The number of carbonyl (C=O) groups excluding carboxylic acids is 1. The van der Waals surface area contributed by atoms with Gasteiger partial charge in [0.1, 0.15) is 30.6 Å². The number of amides is 1. The Hall–Kier alpha value is -2.19. The van der Waals surface area contributed by atoms with E-state index in [0.717, 1.165) is 24.1 Å². The molecule has 1 aromatic carbocycles. The Morgan fingerprint density at radius 2 is 2.11 bits per heavy atom. The summed E-state index contributed by atoms with van der Waals surface area (Å²) in [6.45, 7) is 3.62. The molecule has 1 saturated heterocycles. The minimum atomic E-state index is -0.796. The van der Waals surface area contributed by atoms with Crippen LogP contribution in [0.25, 0.3) is 0 Å². The first-order valence-electron chi connectivity index (χ1n) is 8.84. The number of ether oxygens (including phenoxy) is 2. The molecule has 5 nitrogen and oxygen atoms in total. The van der Waals surface area contributed by atoms with Gasteiger partial charge >= 0.3 is 6.09 Å². The van der Waals surface area contributed by atoms with Crippen molar-refractivity contribution in [1.82, 2.24) is 10.2 Å². The second-order valence-electron chi connectivity index (χ2n) is 6.30. The highest BCUT2D eigenvalue weighted by molar-refractivity contribution is 7.07. The lowest BCUT2D eigenvalue weighted by atomic mass is 10.1. The van der Waals surface area contributed by atoms with E-state index in [9.17, 15) is 13.6 Å². The molecule has 1 unspecified atom stereocenters. The summed E-state index contributed by atoms with van der Waals surface area (Å²) in [5.74, 6) is -1.50. The third-order valence-corrected chi connectivity index (χ3v) is 5.23. The van der Waals surface area contributed by atoms with E-state index in [1.165, 1.54) is 11.3 Å². The number of benzene rings is 1. The van der Waals surface area contributed by atoms with Crippen molar-refractivity contribution in [2.24, 2.45) is 0 Å². The summed E-state index contributed by atoms with van der Waals surface area (Å²) in [6.07, 6.45) is 0.223. The third-order valence-electron chi connectivity index (χ3n) is 4.50. The Morgan fingerprint density at radius 1 is 1.33 bits per heavy atom. The van der Waals surface area contributed by atoms with E-state index in [0.29, 0.717) is 19.6 Å². The molecule has 1 aliphatic heterocycles. The largest absolute Gasteiger partial charge is 0.489 e. The van der Waals surface area contributed by atoms with E-state index < -0.39 is 24.3 Å². The second-order valence-corrected chi connectivity index (χ2v) is 7.08. The fourth-order valence-electron chi connectivity index (χ4n) is 2.93. The molecule has 146 valence electrons. The van der Waals surface area contributed by atoms with E-state index >= 15 is 0 Å². The van der Waals surface area contributed by atoms with Crippen molar-refractivity contribution in [3.8, 4) is 5.75 Å². The van der Waals surface area contributed by atoms with Crippen LogP contribution in [0.1, 0.15) is 24.5 Å². The van der Waals surface area contributed by atoms with E-state index in [1.807, 2.05) is 23.8 Å². The first-order chi connectivity index (χ1) is 13.1. The van der Waals surface area contributed by atoms with Crippen molar-refractivity contribution < 1.29 is 23.0 Å². The summed E-state index contributed by atoms with van der Waals surface area (Å²) >= 11 is 1.52. The number of hydrogen-bond acceptors (Lipinski definition) is 5. The van der Waals surface area contributed by atoms with Gasteiger partial charge in [0.25, 0.3) is 0 Å². The zero-order valence-corrected chi connectivity index (χ0v) is 15.9. The fraction of sp³-hybridized carbons (Fsp3) is 0.421. The Balaban J connectivity index is 1.60. The summed E-state index contributed by atoms with van der Waals surface area (Å²) < 4.78 is 39.1. The average Bonchev–Trinajstić information content (AvgIpc) is 3.19. The summed E-state index contributed by atoms with van der Waals surface area (Å²) in [4.78, 5) is 13.9. The fourth-order valence-corrected chi connectivity index (χ4v) is 3.58. The minimum absolute atomic E-state index is 0.0221. The number of halogens is 2. The molecule has 2 heterocycles. The smallest absolute Gasteiger partial charge is 0.410 e. The Morgan fingerprint density at radius 3 is 2.78 bits per heavy atom. The molecule has 0 bridgehead atoms. The molecular weight excluding hydrogens is 374 g/mol. The van der Waals surface area contributed by atoms with Crippen LogP contribution in [0.3, 0.4) is 0 Å². The number of hydrogen-bond donors (Lipinski definition) is 1. The van der Waals surface area contributed by atoms with Gasteiger partial charge in [-0.1, -0.05) is 6.92 Å². The molecule has 0 aliphatic carbocycles. The van der Waals surface area contributed by atoms with Crippen LogP contribution in [0.4, 0.5) is 13.6 Å². The highest BCUT2D eigenvalue weighted by Gasteiger charge is 2.27. The van der Waals surface area contributed by atoms with Gasteiger partial charge in [-0.3, -0.25) is 0 Å². The number of carbonyl (C=O) groups is 1. The van der Waals surface area contributed by atoms with Gasteiger partial charge in [-0.2, -0.15) is 11.3 Å². The summed E-state index contributed by atoms with van der Waals surface area (Å²) in [5.41, 5.74) is 0.648. The summed E-state index contributed by atoms with van der Waals surface area (Å²) in [5, 5.41) is 7.01. The maximum absolute atomic E-state index is 14.3. The standard InChI is InChI=1S/C19H22F2N2O3S/c1-2-14-9-22-4-5-23(14)19(24)26-11-16-17(20)7-15(8-18(16)21)25-10-13-3-6-27-12-13/h3,6-8,12,14,22H,2,4-5,9-11H2,1H3. The van der Waals surface area contributed by atoms with Crippen molar-refractivity contribution in [3.05, 3.63) is 51.7 Å². The highest BCUT2D eigenvalue weighted by Crippen LogP contribution is 2.23. The molecule has 8 heteroatoms. The maximum atomic E-state index is 14.3. The zero-order chi connectivity index (χ0) is 19.2. The monoisotopic (exact) mass is 396 g/mol. The molecule has 27 heavy (non-hydrogen) atoms. The van der Waals surface area contributed by atoms with Crippen molar-refractivity contribution in [3.63, 3.8) is 0 Å². The highest BCUT2D eigenvalue weighted by atomic mass is 32.1. The van der Waals surface area contributed by atoms with Crippen LogP contribution in [0.15, 0.2) is 29.0 Å². The van der Waals surface area contributed by atoms with Gasteiger partial charge in [-0.05, 0) is 28.8 Å². The Bertz CT molecular complexity index is 747. The molecule has 0 spiro atoms. The normalized spacial score (nSPS) is 17.0. The Kier molecular flexibility index (Phi) is 6.63.